The monoisotopic (exact) mass is 348 g/mol. The number of hydrogen-bond donors (Lipinski definition) is 1. The lowest BCUT2D eigenvalue weighted by atomic mass is 10.1. The van der Waals surface area contributed by atoms with E-state index in [9.17, 15) is 14.9 Å². The lowest BCUT2D eigenvalue weighted by Gasteiger charge is -2.09. The Morgan fingerprint density at radius 1 is 1.14 bits per heavy atom. The van der Waals surface area contributed by atoms with Crippen LogP contribution in [0.15, 0.2) is 40.9 Å². The van der Waals surface area contributed by atoms with Crippen LogP contribution in [-0.2, 0) is 0 Å². The van der Waals surface area contributed by atoms with E-state index in [1.807, 2.05) is 19.1 Å². The Labute approximate surface area is 130 Å². The summed E-state index contributed by atoms with van der Waals surface area (Å²) in [4.78, 5) is 22.7. The fourth-order valence-electron chi connectivity index (χ4n) is 1.92. The molecule has 0 aliphatic carbocycles. The average molecular weight is 349 g/mol. The van der Waals surface area contributed by atoms with Gasteiger partial charge in [0.2, 0.25) is 0 Å². The van der Waals surface area contributed by atoms with Crippen LogP contribution in [0, 0.1) is 24.0 Å². The summed E-state index contributed by atoms with van der Waals surface area (Å²) in [7, 11) is 0. The van der Waals surface area contributed by atoms with Crippen LogP contribution < -0.4 is 5.32 Å². The van der Waals surface area contributed by atoms with Crippen molar-refractivity contribution in [3.05, 3.63) is 67.7 Å². The topological polar surface area (TPSA) is 72.2 Å². The second-order valence-corrected chi connectivity index (χ2v) is 5.59. The van der Waals surface area contributed by atoms with Gasteiger partial charge in [0.1, 0.15) is 0 Å². The molecule has 2 aromatic carbocycles. The van der Waals surface area contributed by atoms with Crippen molar-refractivity contribution >= 4 is 33.2 Å². The number of carbonyl (C=O) groups excluding carboxylic acids is 1. The van der Waals surface area contributed by atoms with Crippen LogP contribution in [0.2, 0.25) is 0 Å². The van der Waals surface area contributed by atoms with Crippen molar-refractivity contribution in [2.75, 3.05) is 5.32 Å². The molecule has 21 heavy (non-hydrogen) atoms. The van der Waals surface area contributed by atoms with E-state index >= 15 is 0 Å². The van der Waals surface area contributed by atoms with Gasteiger partial charge in [0.15, 0.2) is 0 Å². The van der Waals surface area contributed by atoms with E-state index in [1.54, 1.807) is 25.1 Å². The van der Waals surface area contributed by atoms with E-state index in [-0.39, 0.29) is 11.6 Å². The molecule has 6 heteroatoms. The third-order valence-corrected chi connectivity index (χ3v) is 3.60. The van der Waals surface area contributed by atoms with Gasteiger partial charge in [-0.3, -0.25) is 14.9 Å². The maximum Gasteiger partial charge on any atom is 0.274 e. The molecule has 1 N–H and O–H groups in total. The summed E-state index contributed by atoms with van der Waals surface area (Å²) in [6.07, 6.45) is 0. The molecule has 5 nitrogen and oxygen atoms in total. The van der Waals surface area contributed by atoms with E-state index in [0.717, 1.165) is 10.0 Å². The van der Waals surface area contributed by atoms with Crippen LogP contribution in [0.4, 0.5) is 11.4 Å². The smallest absolute Gasteiger partial charge is 0.274 e. The number of anilines is 1. The van der Waals surface area contributed by atoms with Gasteiger partial charge in [-0.2, -0.15) is 0 Å². The number of hydrogen-bond acceptors (Lipinski definition) is 3. The predicted molar refractivity (Wildman–Crippen MR) is 84.7 cm³/mol. The molecular formula is C15H13BrN2O3. The quantitative estimate of drug-likeness (QED) is 0.666. The number of nitro groups is 1. The first-order valence-electron chi connectivity index (χ1n) is 6.21. The summed E-state index contributed by atoms with van der Waals surface area (Å²) in [6, 6.07) is 10.0. The minimum absolute atomic E-state index is 0.0150. The molecule has 0 atom stereocenters. The molecule has 0 saturated carbocycles. The molecule has 1 amide bonds. The maximum absolute atomic E-state index is 12.3. The Kier molecular flexibility index (Phi) is 4.37. The third kappa shape index (κ3) is 3.46. The predicted octanol–water partition coefficient (Wildman–Crippen LogP) is 4.23. The van der Waals surface area contributed by atoms with E-state index in [4.69, 9.17) is 0 Å². The molecule has 0 fully saturated rings. The summed E-state index contributed by atoms with van der Waals surface area (Å²) in [5.74, 6) is -0.299. The summed E-state index contributed by atoms with van der Waals surface area (Å²) >= 11 is 3.32. The summed E-state index contributed by atoms with van der Waals surface area (Å²) in [6.45, 7) is 3.49. The van der Waals surface area contributed by atoms with Crippen LogP contribution in [0.3, 0.4) is 0 Å². The van der Waals surface area contributed by atoms with Crippen molar-refractivity contribution in [2.45, 2.75) is 13.8 Å². The fourth-order valence-corrected chi connectivity index (χ4v) is 2.28. The summed E-state index contributed by atoms with van der Waals surface area (Å²) in [5.41, 5.74) is 2.29. The minimum atomic E-state index is -0.463. The van der Waals surface area contributed by atoms with E-state index in [2.05, 4.69) is 21.2 Å². The lowest BCUT2D eigenvalue weighted by molar-refractivity contribution is -0.385. The molecular weight excluding hydrogens is 336 g/mol. The first-order chi connectivity index (χ1) is 9.88. The number of nitrogens with one attached hydrogen (secondary N) is 1. The van der Waals surface area contributed by atoms with Crippen LogP contribution in [0.5, 0.6) is 0 Å². The van der Waals surface area contributed by atoms with Gasteiger partial charge in [0, 0.05) is 27.4 Å². The van der Waals surface area contributed by atoms with Crippen LogP contribution in [0.25, 0.3) is 0 Å². The van der Waals surface area contributed by atoms with Gasteiger partial charge in [-0.25, -0.2) is 0 Å². The number of benzene rings is 2. The van der Waals surface area contributed by atoms with Crippen molar-refractivity contribution in [2.24, 2.45) is 0 Å². The molecule has 2 rings (SSSR count). The first kappa shape index (κ1) is 15.2. The summed E-state index contributed by atoms with van der Waals surface area (Å²) in [5, 5.41) is 13.6. The first-order valence-corrected chi connectivity index (χ1v) is 7.00. The molecule has 0 bridgehead atoms. The van der Waals surface area contributed by atoms with E-state index in [0.29, 0.717) is 16.8 Å². The zero-order chi connectivity index (χ0) is 15.6. The Morgan fingerprint density at radius 3 is 2.48 bits per heavy atom. The van der Waals surface area contributed by atoms with Gasteiger partial charge < -0.3 is 5.32 Å². The molecule has 0 aromatic heterocycles. The molecule has 2 aromatic rings. The second kappa shape index (κ2) is 6.05. The van der Waals surface area contributed by atoms with Crippen LogP contribution >= 0.6 is 15.9 Å². The number of nitro benzene ring substituents is 1. The van der Waals surface area contributed by atoms with Crippen molar-refractivity contribution in [3.63, 3.8) is 0 Å². The molecule has 0 unspecified atom stereocenters. The highest BCUT2D eigenvalue weighted by molar-refractivity contribution is 9.10. The highest BCUT2D eigenvalue weighted by Crippen LogP contribution is 2.23. The molecule has 0 aliphatic heterocycles. The van der Waals surface area contributed by atoms with Gasteiger partial charge in [0.25, 0.3) is 11.6 Å². The average Bonchev–Trinajstić information content (AvgIpc) is 2.43. The molecule has 0 spiro atoms. The molecule has 108 valence electrons. The van der Waals surface area contributed by atoms with Crippen LogP contribution in [-0.4, -0.2) is 10.8 Å². The number of carbonyl (C=O) groups is 1. The van der Waals surface area contributed by atoms with Crippen molar-refractivity contribution in [3.8, 4) is 0 Å². The zero-order valence-corrected chi connectivity index (χ0v) is 13.1. The van der Waals surface area contributed by atoms with Gasteiger partial charge in [0.05, 0.1) is 4.92 Å². The number of halogens is 1. The number of rotatable bonds is 3. The number of nitrogens with zero attached hydrogens (tertiary/aromatic N) is 1. The van der Waals surface area contributed by atoms with Crippen molar-refractivity contribution in [1.82, 2.24) is 0 Å². The molecule has 0 heterocycles. The molecule has 0 aliphatic rings. The van der Waals surface area contributed by atoms with Gasteiger partial charge in [-0.05, 0) is 37.6 Å². The summed E-state index contributed by atoms with van der Waals surface area (Å²) < 4.78 is 0.799. The Morgan fingerprint density at radius 2 is 1.81 bits per heavy atom. The zero-order valence-electron chi connectivity index (χ0n) is 11.5. The second-order valence-electron chi connectivity index (χ2n) is 4.67. The fraction of sp³-hybridized carbons (Fsp3) is 0.133. The Hall–Kier alpha value is -2.21. The number of amides is 1. The van der Waals surface area contributed by atoms with E-state index < -0.39 is 4.92 Å². The highest BCUT2D eigenvalue weighted by Gasteiger charge is 2.14. The minimum Gasteiger partial charge on any atom is -0.322 e. The SMILES string of the molecule is Cc1ccc(Br)cc1C(=O)Nc1ccc(C)c([N+](=O)[O-])c1. The normalized spacial score (nSPS) is 10.2. The largest absolute Gasteiger partial charge is 0.322 e. The van der Waals surface area contributed by atoms with Gasteiger partial charge in [-0.15, -0.1) is 0 Å². The highest BCUT2D eigenvalue weighted by atomic mass is 79.9. The Balaban J connectivity index is 2.29. The lowest BCUT2D eigenvalue weighted by Crippen LogP contribution is -2.13. The Bertz CT molecular complexity index is 729. The molecule has 0 radical (unpaired) electrons. The van der Waals surface area contributed by atoms with Gasteiger partial charge >= 0.3 is 0 Å². The van der Waals surface area contributed by atoms with Gasteiger partial charge in [-0.1, -0.05) is 28.1 Å². The van der Waals surface area contributed by atoms with Crippen LogP contribution in [0.1, 0.15) is 21.5 Å². The third-order valence-electron chi connectivity index (χ3n) is 3.11. The van der Waals surface area contributed by atoms with Crippen molar-refractivity contribution in [1.29, 1.82) is 0 Å². The van der Waals surface area contributed by atoms with E-state index in [1.165, 1.54) is 6.07 Å². The number of aryl methyl sites for hydroxylation is 2. The van der Waals surface area contributed by atoms with Crippen molar-refractivity contribution < 1.29 is 9.72 Å². The maximum atomic E-state index is 12.3. The standard InChI is InChI=1S/C15H13BrN2O3/c1-9-3-5-11(16)7-13(9)15(19)17-12-6-4-10(2)14(8-12)18(20)21/h3-8H,1-2H3,(H,17,19). The molecule has 0 saturated heterocycles.